The summed E-state index contributed by atoms with van der Waals surface area (Å²) in [5.41, 5.74) is 0.932. The summed E-state index contributed by atoms with van der Waals surface area (Å²) in [6.45, 7) is 3.96. The summed E-state index contributed by atoms with van der Waals surface area (Å²) in [5.74, 6) is -6.07. The minimum atomic E-state index is -3.43. The number of unbranched alkanes of at least 4 members (excludes halogenated alkanes) is 2. The highest BCUT2D eigenvalue weighted by Gasteiger charge is 2.45. The van der Waals surface area contributed by atoms with E-state index in [-0.39, 0.29) is 31.3 Å². The summed E-state index contributed by atoms with van der Waals surface area (Å²) >= 11 is 0. The molecule has 0 amide bonds. The number of halogens is 2. The molecule has 1 aromatic carbocycles. The molecule has 3 rings (SSSR count). The van der Waals surface area contributed by atoms with E-state index >= 15 is 0 Å². The predicted octanol–water partition coefficient (Wildman–Crippen LogP) is 7.28. The van der Waals surface area contributed by atoms with E-state index in [0.29, 0.717) is 38.7 Å². The molecule has 2 fully saturated rings. The van der Waals surface area contributed by atoms with Crippen LogP contribution in [0.5, 0.6) is 0 Å². The maximum absolute atomic E-state index is 14.4. The quantitative estimate of drug-likeness (QED) is 0.0799. The zero-order valence-electron chi connectivity index (χ0n) is 25.4. The predicted molar refractivity (Wildman–Crippen MR) is 158 cm³/mol. The minimum absolute atomic E-state index is 0.242. The Hall–Kier alpha value is -2.91. The van der Waals surface area contributed by atoms with Gasteiger partial charge in [-0.3, -0.25) is 14.4 Å². The molecule has 0 spiro atoms. The van der Waals surface area contributed by atoms with E-state index in [4.69, 9.17) is 18.9 Å². The third-order valence-electron chi connectivity index (χ3n) is 7.89. The fourth-order valence-corrected chi connectivity index (χ4v) is 5.56. The van der Waals surface area contributed by atoms with E-state index in [1.165, 1.54) is 13.0 Å². The number of ether oxygens (including phenoxy) is 4. The highest BCUT2D eigenvalue weighted by molar-refractivity contribution is 5.95. The van der Waals surface area contributed by atoms with Crippen LogP contribution in [0.15, 0.2) is 54.6 Å². The van der Waals surface area contributed by atoms with Crippen LogP contribution in [-0.4, -0.2) is 48.7 Å². The Bertz CT molecular complexity index is 1070. The molecule has 238 valence electrons. The van der Waals surface area contributed by atoms with E-state index in [9.17, 15) is 23.2 Å². The maximum Gasteiger partial charge on any atom is 0.309 e. The van der Waals surface area contributed by atoms with Gasteiger partial charge in [0, 0.05) is 44.6 Å². The first-order valence-corrected chi connectivity index (χ1v) is 15.6. The standard InChI is InChI=1S/C34H46F2O7/c1-3-4-21-34(35,36)31(38)20-19-28-27(29(42-25(2)37)23-30(28)43-33-18-12-13-22-40-33)16-10-5-6-11-17-32(39)41-24-26-14-8-7-9-15-26/h5,7-10,14-15,19-20,27-30,33H,3-4,6,11-13,16-18,21-24H2,1-2H3/b10-5-,20-19+/t27-,28-,29+,30-,33-/m1/s1. The number of carbonyl (C=O) groups excluding carboxylic acids is 3. The summed E-state index contributed by atoms with van der Waals surface area (Å²) in [4.78, 5) is 36.5. The Morgan fingerprint density at radius 3 is 2.56 bits per heavy atom. The monoisotopic (exact) mass is 604 g/mol. The average Bonchev–Trinajstić information content (AvgIpc) is 3.30. The van der Waals surface area contributed by atoms with Crippen LogP contribution in [-0.2, 0) is 39.9 Å². The van der Waals surface area contributed by atoms with E-state index in [1.54, 1.807) is 6.92 Å². The second kappa shape index (κ2) is 18.0. The molecule has 0 aromatic heterocycles. The molecule has 0 radical (unpaired) electrons. The largest absolute Gasteiger partial charge is 0.462 e. The van der Waals surface area contributed by atoms with Crippen molar-refractivity contribution in [2.24, 2.45) is 11.8 Å². The van der Waals surface area contributed by atoms with Gasteiger partial charge in [0.1, 0.15) is 12.7 Å². The molecule has 0 bridgehead atoms. The molecule has 1 aromatic rings. The summed E-state index contributed by atoms with van der Waals surface area (Å²) in [7, 11) is 0. The number of alkyl halides is 2. The van der Waals surface area contributed by atoms with Crippen molar-refractivity contribution in [2.45, 2.75) is 116 Å². The van der Waals surface area contributed by atoms with Crippen molar-refractivity contribution in [3.8, 4) is 0 Å². The van der Waals surface area contributed by atoms with Crippen molar-refractivity contribution < 1.29 is 42.1 Å². The Morgan fingerprint density at radius 1 is 1.07 bits per heavy atom. The Kier molecular flexibility index (Phi) is 14.5. The first-order chi connectivity index (χ1) is 20.7. The number of hydrogen-bond donors (Lipinski definition) is 0. The van der Waals surface area contributed by atoms with Crippen LogP contribution in [0.2, 0.25) is 0 Å². The second-order valence-corrected chi connectivity index (χ2v) is 11.4. The van der Waals surface area contributed by atoms with Gasteiger partial charge in [-0.25, -0.2) is 0 Å². The van der Waals surface area contributed by atoms with Gasteiger partial charge < -0.3 is 18.9 Å². The SMILES string of the molecule is CCCCC(F)(F)C(=O)/C=C/[C@@H]1[C@@H](C/C=C\CCCC(=O)OCc2ccccc2)[C@@H](OC(C)=O)C[C@H]1O[C@@H]1CCCCO1. The molecule has 5 atom stereocenters. The van der Waals surface area contributed by atoms with Gasteiger partial charge in [0.25, 0.3) is 0 Å². The molecule has 1 aliphatic carbocycles. The van der Waals surface area contributed by atoms with Gasteiger partial charge in [0.05, 0.1) is 6.10 Å². The number of ketones is 1. The maximum atomic E-state index is 14.4. The number of rotatable bonds is 17. The van der Waals surface area contributed by atoms with Gasteiger partial charge in [-0.1, -0.05) is 61.9 Å². The van der Waals surface area contributed by atoms with Gasteiger partial charge in [-0.15, -0.1) is 0 Å². The molecule has 1 heterocycles. The summed E-state index contributed by atoms with van der Waals surface area (Å²) in [5, 5.41) is 0. The zero-order valence-corrected chi connectivity index (χ0v) is 25.4. The Labute approximate surface area is 254 Å². The molecular formula is C34H46F2O7. The van der Waals surface area contributed by atoms with Gasteiger partial charge in [0.15, 0.2) is 6.29 Å². The summed E-state index contributed by atoms with van der Waals surface area (Å²) < 4.78 is 51.9. The topological polar surface area (TPSA) is 88.1 Å². The highest BCUT2D eigenvalue weighted by Crippen LogP contribution is 2.41. The molecule has 7 nitrogen and oxygen atoms in total. The van der Waals surface area contributed by atoms with Crippen molar-refractivity contribution in [1.29, 1.82) is 0 Å². The molecule has 0 N–H and O–H groups in total. The molecule has 1 saturated carbocycles. The smallest absolute Gasteiger partial charge is 0.309 e. The van der Waals surface area contributed by atoms with Crippen molar-refractivity contribution in [3.05, 3.63) is 60.2 Å². The van der Waals surface area contributed by atoms with E-state index in [0.717, 1.165) is 30.9 Å². The Balaban J connectivity index is 1.63. The first kappa shape index (κ1) is 34.6. The molecule has 9 heteroatoms. The fourth-order valence-electron chi connectivity index (χ4n) is 5.56. The third-order valence-corrected chi connectivity index (χ3v) is 7.89. The summed E-state index contributed by atoms with van der Waals surface area (Å²) in [6, 6.07) is 9.49. The number of allylic oxidation sites excluding steroid dienone is 3. The average molecular weight is 605 g/mol. The van der Waals surface area contributed by atoms with E-state index in [1.807, 2.05) is 42.5 Å². The third kappa shape index (κ3) is 11.9. The van der Waals surface area contributed by atoms with Crippen LogP contribution in [0.4, 0.5) is 8.78 Å². The van der Waals surface area contributed by atoms with Crippen molar-refractivity contribution in [3.63, 3.8) is 0 Å². The van der Waals surface area contributed by atoms with Gasteiger partial charge >= 0.3 is 17.9 Å². The highest BCUT2D eigenvalue weighted by atomic mass is 19.3. The number of esters is 2. The zero-order chi connectivity index (χ0) is 31.1. The van der Waals surface area contributed by atoms with Crippen molar-refractivity contribution in [1.82, 2.24) is 0 Å². The lowest BCUT2D eigenvalue weighted by molar-refractivity contribution is -0.193. The lowest BCUT2D eigenvalue weighted by atomic mass is 9.89. The molecular weight excluding hydrogens is 558 g/mol. The van der Waals surface area contributed by atoms with Crippen LogP contribution in [0.3, 0.4) is 0 Å². The Morgan fingerprint density at radius 2 is 1.86 bits per heavy atom. The molecule has 1 aliphatic heterocycles. The lowest BCUT2D eigenvalue weighted by Gasteiger charge is -2.29. The van der Waals surface area contributed by atoms with E-state index in [2.05, 4.69) is 0 Å². The number of hydrogen-bond acceptors (Lipinski definition) is 7. The lowest BCUT2D eigenvalue weighted by Crippen LogP contribution is -2.31. The molecule has 1 saturated heterocycles. The van der Waals surface area contributed by atoms with Crippen molar-refractivity contribution >= 4 is 17.7 Å². The van der Waals surface area contributed by atoms with Crippen LogP contribution < -0.4 is 0 Å². The van der Waals surface area contributed by atoms with Crippen LogP contribution in [0.1, 0.15) is 90.0 Å². The normalized spacial score (nSPS) is 24.4. The fraction of sp³-hybridized carbons (Fsp3) is 0.618. The molecule has 0 unspecified atom stereocenters. The molecule has 43 heavy (non-hydrogen) atoms. The molecule has 2 aliphatic rings. The number of benzene rings is 1. The summed E-state index contributed by atoms with van der Waals surface area (Å²) in [6.07, 6.45) is 10.4. The van der Waals surface area contributed by atoms with Crippen LogP contribution >= 0.6 is 0 Å². The van der Waals surface area contributed by atoms with Gasteiger partial charge in [-0.05, 0) is 56.6 Å². The number of carbonyl (C=O) groups is 3. The second-order valence-electron chi connectivity index (χ2n) is 11.4. The minimum Gasteiger partial charge on any atom is -0.462 e. The van der Waals surface area contributed by atoms with Crippen LogP contribution in [0.25, 0.3) is 0 Å². The van der Waals surface area contributed by atoms with Crippen LogP contribution in [0, 0.1) is 11.8 Å². The van der Waals surface area contributed by atoms with Crippen molar-refractivity contribution in [2.75, 3.05) is 6.61 Å². The van der Waals surface area contributed by atoms with Gasteiger partial charge in [0.2, 0.25) is 5.78 Å². The first-order valence-electron chi connectivity index (χ1n) is 15.6. The van der Waals surface area contributed by atoms with E-state index < -0.39 is 48.5 Å². The van der Waals surface area contributed by atoms with Gasteiger partial charge in [-0.2, -0.15) is 8.78 Å².